The van der Waals surface area contributed by atoms with E-state index in [0.717, 1.165) is 42.5 Å². The summed E-state index contributed by atoms with van der Waals surface area (Å²) in [5.41, 5.74) is 1.58. The predicted molar refractivity (Wildman–Crippen MR) is 104 cm³/mol. The van der Waals surface area contributed by atoms with Crippen LogP contribution in [0.4, 0.5) is 5.95 Å². The zero-order valence-corrected chi connectivity index (χ0v) is 15.8. The van der Waals surface area contributed by atoms with Gasteiger partial charge in [0.15, 0.2) is 0 Å². The topological polar surface area (TPSA) is 87.2 Å². The third kappa shape index (κ3) is 2.67. The van der Waals surface area contributed by atoms with E-state index in [1.165, 1.54) is 0 Å². The largest absolute Gasteiger partial charge is 0.481 e. The first-order valence-electron chi connectivity index (χ1n) is 9.52. The molecule has 1 unspecified atom stereocenters. The zero-order chi connectivity index (χ0) is 19.1. The van der Waals surface area contributed by atoms with E-state index < -0.39 is 0 Å². The Balaban J connectivity index is 1.33. The van der Waals surface area contributed by atoms with Crippen molar-refractivity contribution in [3.05, 3.63) is 42.2 Å². The van der Waals surface area contributed by atoms with Gasteiger partial charge in [-0.3, -0.25) is 9.89 Å². The highest BCUT2D eigenvalue weighted by Crippen LogP contribution is 2.42. The van der Waals surface area contributed by atoms with E-state index in [1.54, 1.807) is 19.4 Å². The number of benzene rings is 1. The van der Waals surface area contributed by atoms with Crippen LogP contribution < -0.4 is 9.64 Å². The second-order valence-electron chi connectivity index (χ2n) is 7.54. The fraction of sp³-hybridized carbons (Fsp3) is 0.400. The van der Waals surface area contributed by atoms with Crippen LogP contribution in [0.1, 0.15) is 18.5 Å². The molecule has 1 amide bonds. The molecule has 1 atom stereocenters. The third-order valence-corrected chi connectivity index (χ3v) is 5.95. The maximum atomic E-state index is 13.3. The monoisotopic (exact) mass is 378 g/mol. The summed E-state index contributed by atoms with van der Waals surface area (Å²) in [7, 11) is 1.59. The number of carbonyl (C=O) groups excluding carboxylic acids is 1. The molecule has 0 radical (unpaired) electrons. The van der Waals surface area contributed by atoms with Gasteiger partial charge in [0.25, 0.3) is 0 Å². The molecule has 8 nitrogen and oxygen atoms in total. The molecule has 3 aromatic rings. The van der Waals surface area contributed by atoms with Crippen LogP contribution in [-0.4, -0.2) is 57.7 Å². The molecule has 0 saturated carbocycles. The number of nitrogens with zero attached hydrogens (tertiary/aromatic N) is 5. The number of para-hydroxylation sites is 1. The molecule has 1 aromatic carbocycles. The van der Waals surface area contributed by atoms with Gasteiger partial charge >= 0.3 is 0 Å². The highest BCUT2D eigenvalue weighted by Gasteiger charge is 2.51. The molecule has 2 aliphatic heterocycles. The number of fused-ring (bicyclic) bond motifs is 1. The van der Waals surface area contributed by atoms with Gasteiger partial charge in [0.05, 0.1) is 30.3 Å². The Labute approximate surface area is 162 Å². The average molecular weight is 378 g/mol. The molecule has 144 valence electrons. The molecular weight excluding hydrogens is 356 g/mol. The first-order chi connectivity index (χ1) is 13.7. The third-order valence-electron chi connectivity index (χ3n) is 5.95. The Morgan fingerprint density at radius 3 is 2.96 bits per heavy atom. The Morgan fingerprint density at radius 1 is 1.21 bits per heavy atom. The first kappa shape index (κ1) is 17.0. The van der Waals surface area contributed by atoms with Gasteiger partial charge in [-0.2, -0.15) is 10.1 Å². The van der Waals surface area contributed by atoms with Crippen molar-refractivity contribution >= 4 is 22.8 Å². The van der Waals surface area contributed by atoms with E-state index in [0.29, 0.717) is 24.9 Å². The van der Waals surface area contributed by atoms with Crippen LogP contribution in [0.3, 0.4) is 0 Å². The molecule has 0 aliphatic carbocycles. The number of methoxy groups -OCH3 is 1. The maximum absolute atomic E-state index is 13.3. The number of nitrogens with one attached hydrogen (secondary N) is 1. The van der Waals surface area contributed by atoms with Crippen LogP contribution in [-0.2, 0) is 11.3 Å². The SMILES string of the molecule is COc1ccnc(N2CCC3(CCN(Cc4n[nH]c5ccccc45)C3=O)C2)n1. The molecule has 1 N–H and O–H groups in total. The van der Waals surface area contributed by atoms with Crippen molar-refractivity contribution in [2.75, 3.05) is 31.6 Å². The lowest BCUT2D eigenvalue weighted by Crippen LogP contribution is -2.37. The average Bonchev–Trinajstić information content (AvgIpc) is 3.43. The highest BCUT2D eigenvalue weighted by molar-refractivity contribution is 5.87. The van der Waals surface area contributed by atoms with Gasteiger partial charge in [-0.1, -0.05) is 18.2 Å². The number of H-pyrrole nitrogens is 1. The highest BCUT2D eigenvalue weighted by atomic mass is 16.5. The van der Waals surface area contributed by atoms with Gasteiger partial charge in [0, 0.05) is 37.3 Å². The Hall–Kier alpha value is -3.16. The summed E-state index contributed by atoms with van der Waals surface area (Å²) < 4.78 is 5.20. The summed E-state index contributed by atoms with van der Waals surface area (Å²) in [6.07, 6.45) is 3.37. The van der Waals surface area contributed by atoms with Crippen LogP contribution >= 0.6 is 0 Å². The maximum Gasteiger partial charge on any atom is 0.231 e. The van der Waals surface area contributed by atoms with Crippen LogP contribution in [0.25, 0.3) is 10.9 Å². The van der Waals surface area contributed by atoms with Crippen LogP contribution in [0.15, 0.2) is 36.5 Å². The van der Waals surface area contributed by atoms with Crippen molar-refractivity contribution < 1.29 is 9.53 Å². The van der Waals surface area contributed by atoms with E-state index in [-0.39, 0.29) is 11.3 Å². The molecule has 1 spiro atoms. The van der Waals surface area contributed by atoms with Gasteiger partial charge in [0.1, 0.15) is 0 Å². The number of likely N-dealkylation sites (tertiary alicyclic amines) is 1. The summed E-state index contributed by atoms with van der Waals surface area (Å²) in [5, 5.41) is 8.56. The lowest BCUT2D eigenvalue weighted by molar-refractivity contribution is -0.135. The molecule has 2 aromatic heterocycles. The molecule has 2 saturated heterocycles. The van der Waals surface area contributed by atoms with Gasteiger partial charge < -0.3 is 14.5 Å². The number of aromatic amines is 1. The minimum Gasteiger partial charge on any atom is -0.481 e. The molecule has 4 heterocycles. The Bertz CT molecular complexity index is 1030. The lowest BCUT2D eigenvalue weighted by Gasteiger charge is -2.23. The molecule has 2 aliphatic rings. The van der Waals surface area contributed by atoms with Gasteiger partial charge in [-0.15, -0.1) is 0 Å². The van der Waals surface area contributed by atoms with Crippen molar-refractivity contribution in [3.63, 3.8) is 0 Å². The van der Waals surface area contributed by atoms with Crippen molar-refractivity contribution in [1.82, 2.24) is 25.1 Å². The number of ether oxygens (including phenoxy) is 1. The van der Waals surface area contributed by atoms with Crippen LogP contribution in [0.5, 0.6) is 5.88 Å². The quantitative estimate of drug-likeness (QED) is 0.747. The van der Waals surface area contributed by atoms with Crippen LogP contribution in [0, 0.1) is 5.41 Å². The number of anilines is 1. The van der Waals surface area contributed by atoms with Crippen molar-refractivity contribution in [2.45, 2.75) is 19.4 Å². The summed E-state index contributed by atoms with van der Waals surface area (Å²) in [6, 6.07) is 9.75. The van der Waals surface area contributed by atoms with E-state index >= 15 is 0 Å². The smallest absolute Gasteiger partial charge is 0.231 e. The standard InChI is InChI=1S/C20H22N6O2/c1-28-17-6-9-21-19(22-17)26-11-8-20(13-26)7-10-25(18(20)27)12-16-14-4-2-3-5-15(14)23-24-16/h2-6,9H,7-8,10-13H2,1H3,(H,23,24). The lowest BCUT2D eigenvalue weighted by atomic mass is 9.85. The minimum absolute atomic E-state index is 0.213. The minimum atomic E-state index is -0.349. The zero-order valence-electron chi connectivity index (χ0n) is 15.8. The second kappa shape index (κ2) is 6.47. The number of rotatable bonds is 4. The number of aromatic nitrogens is 4. The fourth-order valence-corrected chi connectivity index (χ4v) is 4.39. The first-order valence-corrected chi connectivity index (χ1v) is 9.52. The molecule has 5 rings (SSSR count). The fourth-order valence-electron chi connectivity index (χ4n) is 4.39. The number of hydrogen-bond donors (Lipinski definition) is 1. The summed E-state index contributed by atoms with van der Waals surface area (Å²) in [4.78, 5) is 26.1. The Morgan fingerprint density at radius 2 is 2.07 bits per heavy atom. The normalized spacial score (nSPS) is 22.0. The van der Waals surface area contributed by atoms with Gasteiger partial charge in [-0.25, -0.2) is 4.98 Å². The van der Waals surface area contributed by atoms with E-state index in [4.69, 9.17) is 4.74 Å². The number of hydrogen-bond acceptors (Lipinski definition) is 6. The molecular formula is C20H22N6O2. The van der Waals surface area contributed by atoms with Gasteiger partial charge in [0.2, 0.25) is 17.7 Å². The van der Waals surface area contributed by atoms with Crippen molar-refractivity contribution in [1.29, 1.82) is 0 Å². The van der Waals surface area contributed by atoms with Gasteiger partial charge in [-0.05, 0) is 18.9 Å². The summed E-state index contributed by atoms with van der Waals surface area (Å²) in [5.74, 6) is 1.38. The number of amides is 1. The van der Waals surface area contributed by atoms with E-state index in [1.807, 2.05) is 29.2 Å². The molecule has 0 bridgehead atoms. The van der Waals surface area contributed by atoms with Crippen molar-refractivity contribution in [3.8, 4) is 5.88 Å². The second-order valence-corrected chi connectivity index (χ2v) is 7.54. The predicted octanol–water partition coefficient (Wildman–Crippen LogP) is 1.99. The molecule has 2 fully saturated rings. The van der Waals surface area contributed by atoms with E-state index in [2.05, 4.69) is 25.1 Å². The Kier molecular flexibility index (Phi) is 3.92. The molecule has 28 heavy (non-hydrogen) atoms. The van der Waals surface area contributed by atoms with Crippen molar-refractivity contribution in [2.24, 2.45) is 5.41 Å². The summed E-state index contributed by atoms with van der Waals surface area (Å²) >= 11 is 0. The summed E-state index contributed by atoms with van der Waals surface area (Å²) in [6.45, 7) is 2.72. The van der Waals surface area contributed by atoms with Crippen LogP contribution in [0.2, 0.25) is 0 Å². The molecule has 8 heteroatoms. The van der Waals surface area contributed by atoms with E-state index in [9.17, 15) is 4.79 Å². The number of carbonyl (C=O) groups is 1.